The molecule has 2 N–H and O–H groups in total. The molecule has 1 heterocycles. The molecule has 0 radical (unpaired) electrons. The van der Waals surface area contributed by atoms with Gasteiger partial charge in [-0.15, -0.1) is 24.0 Å². The van der Waals surface area contributed by atoms with E-state index in [0.29, 0.717) is 6.54 Å². The summed E-state index contributed by atoms with van der Waals surface area (Å²) in [5.41, 5.74) is -0.299. The summed E-state index contributed by atoms with van der Waals surface area (Å²) in [7, 11) is 3.72. The maximum absolute atomic E-state index is 12.7. The van der Waals surface area contributed by atoms with Crippen molar-refractivity contribution < 1.29 is 4.79 Å². The summed E-state index contributed by atoms with van der Waals surface area (Å²) in [6.45, 7) is 13.9. The molecule has 2 fully saturated rings. The van der Waals surface area contributed by atoms with Crippen molar-refractivity contribution in [3.63, 3.8) is 0 Å². The van der Waals surface area contributed by atoms with E-state index in [1.165, 1.54) is 45.7 Å². The standard InChI is InChI=1S/C22H44N6O.HI/c1-5-23-21(25-19-22(11-7-8-12-22)20(29)26(3)4)24-13-9-10-14-28-17-15-27(6-2)16-18-28;/h5-19H2,1-4H3,(H2,23,24,25);1H. The molecule has 1 saturated heterocycles. The van der Waals surface area contributed by atoms with Crippen LogP contribution in [0.1, 0.15) is 52.4 Å². The van der Waals surface area contributed by atoms with Gasteiger partial charge in [-0.05, 0) is 45.7 Å². The number of guanidine groups is 1. The molecule has 0 bridgehead atoms. The molecule has 0 unspecified atom stereocenters. The van der Waals surface area contributed by atoms with Gasteiger partial charge in [0.1, 0.15) is 0 Å². The van der Waals surface area contributed by atoms with Gasteiger partial charge in [0.05, 0.1) is 12.0 Å². The highest BCUT2D eigenvalue weighted by Gasteiger charge is 2.42. The molecule has 1 saturated carbocycles. The van der Waals surface area contributed by atoms with E-state index in [0.717, 1.165) is 51.2 Å². The Balaban J connectivity index is 0.00000450. The topological polar surface area (TPSA) is 63.2 Å². The molecular formula is C22H45IN6O. The Morgan fingerprint density at radius 3 is 2.20 bits per heavy atom. The normalized spacial score (nSPS) is 19.9. The van der Waals surface area contributed by atoms with E-state index in [2.05, 4.69) is 34.3 Å². The third-order valence-electron chi connectivity index (χ3n) is 6.41. The predicted molar refractivity (Wildman–Crippen MR) is 137 cm³/mol. The van der Waals surface area contributed by atoms with Crippen LogP contribution in [-0.4, -0.2) is 99.6 Å². The first-order chi connectivity index (χ1) is 14.0. The quantitative estimate of drug-likeness (QED) is 0.194. The molecule has 0 aromatic rings. The van der Waals surface area contributed by atoms with Crippen LogP contribution in [0.4, 0.5) is 0 Å². The van der Waals surface area contributed by atoms with Crippen LogP contribution in [-0.2, 0) is 4.79 Å². The Morgan fingerprint density at radius 1 is 1.00 bits per heavy atom. The van der Waals surface area contributed by atoms with Gasteiger partial charge in [-0.2, -0.15) is 0 Å². The van der Waals surface area contributed by atoms with Gasteiger partial charge in [-0.25, -0.2) is 0 Å². The number of hydrogen-bond acceptors (Lipinski definition) is 4. The first-order valence-corrected chi connectivity index (χ1v) is 11.7. The number of carbonyl (C=O) groups is 1. The molecule has 7 nitrogen and oxygen atoms in total. The minimum absolute atomic E-state index is 0. The number of nitrogens with zero attached hydrogens (tertiary/aromatic N) is 4. The second kappa shape index (κ2) is 14.5. The van der Waals surface area contributed by atoms with Crippen LogP contribution < -0.4 is 10.6 Å². The van der Waals surface area contributed by atoms with Crippen LogP contribution in [0.3, 0.4) is 0 Å². The summed E-state index contributed by atoms with van der Waals surface area (Å²) in [6.07, 6.45) is 6.52. The fourth-order valence-corrected chi connectivity index (χ4v) is 4.53. The third-order valence-corrected chi connectivity index (χ3v) is 6.41. The lowest BCUT2D eigenvalue weighted by molar-refractivity contribution is -0.138. The van der Waals surface area contributed by atoms with E-state index in [-0.39, 0.29) is 35.3 Å². The van der Waals surface area contributed by atoms with Crippen molar-refractivity contribution in [3.8, 4) is 0 Å². The van der Waals surface area contributed by atoms with Gasteiger partial charge in [0, 0.05) is 53.4 Å². The smallest absolute Gasteiger partial charge is 0.230 e. The Bertz CT molecular complexity index is 514. The van der Waals surface area contributed by atoms with Crippen molar-refractivity contribution in [2.75, 3.05) is 73.0 Å². The van der Waals surface area contributed by atoms with E-state index in [1.54, 1.807) is 4.90 Å². The largest absolute Gasteiger partial charge is 0.357 e. The summed E-state index contributed by atoms with van der Waals surface area (Å²) in [5.74, 6) is 1.08. The van der Waals surface area contributed by atoms with Crippen molar-refractivity contribution in [1.29, 1.82) is 0 Å². The zero-order chi connectivity index (χ0) is 21.1. The second-order valence-electron chi connectivity index (χ2n) is 8.79. The number of nitrogens with one attached hydrogen (secondary N) is 2. The Hall–Kier alpha value is -0.610. The van der Waals surface area contributed by atoms with Crippen LogP contribution in [0.15, 0.2) is 4.99 Å². The van der Waals surface area contributed by atoms with Crippen LogP contribution in [0.25, 0.3) is 0 Å². The van der Waals surface area contributed by atoms with Crippen LogP contribution in [0.2, 0.25) is 0 Å². The predicted octanol–water partition coefficient (Wildman–Crippen LogP) is 2.23. The van der Waals surface area contributed by atoms with Gasteiger partial charge in [0.25, 0.3) is 0 Å². The number of aliphatic imine (C=N–C) groups is 1. The van der Waals surface area contributed by atoms with Crippen molar-refractivity contribution in [3.05, 3.63) is 0 Å². The van der Waals surface area contributed by atoms with E-state index in [9.17, 15) is 4.79 Å². The van der Waals surface area contributed by atoms with Gasteiger partial charge in [0.15, 0.2) is 5.96 Å². The van der Waals surface area contributed by atoms with Gasteiger partial charge < -0.3 is 25.3 Å². The summed E-state index contributed by atoms with van der Waals surface area (Å²) < 4.78 is 0. The second-order valence-corrected chi connectivity index (χ2v) is 8.79. The van der Waals surface area contributed by atoms with E-state index < -0.39 is 0 Å². The highest BCUT2D eigenvalue weighted by atomic mass is 127. The average molecular weight is 537 g/mol. The Labute approximate surface area is 201 Å². The molecule has 2 rings (SSSR count). The average Bonchev–Trinajstić information content (AvgIpc) is 3.21. The molecular weight excluding hydrogens is 491 g/mol. The summed E-state index contributed by atoms with van der Waals surface area (Å²) in [4.78, 5) is 24.4. The lowest BCUT2D eigenvalue weighted by Gasteiger charge is -2.34. The Kier molecular flexibility index (Phi) is 13.2. The first-order valence-electron chi connectivity index (χ1n) is 11.7. The molecule has 1 aliphatic heterocycles. The van der Waals surface area contributed by atoms with Crippen molar-refractivity contribution in [1.82, 2.24) is 25.3 Å². The lowest BCUT2D eigenvalue weighted by atomic mass is 9.85. The van der Waals surface area contributed by atoms with Gasteiger partial charge in [-0.3, -0.25) is 9.79 Å². The maximum atomic E-state index is 12.7. The molecule has 0 aromatic carbocycles. The number of unbranched alkanes of at least 4 members (excludes halogenated alkanes) is 1. The fraction of sp³-hybridized carbons (Fsp3) is 0.909. The van der Waals surface area contributed by atoms with Crippen molar-refractivity contribution in [2.24, 2.45) is 10.4 Å². The SMILES string of the molecule is CCNC(=NCC1(C(=O)N(C)C)CCCC1)NCCCCN1CCN(CC)CC1.I. The third kappa shape index (κ3) is 8.49. The molecule has 0 atom stereocenters. The van der Waals surface area contributed by atoms with Crippen LogP contribution in [0, 0.1) is 5.41 Å². The van der Waals surface area contributed by atoms with Crippen LogP contribution >= 0.6 is 24.0 Å². The highest BCUT2D eigenvalue weighted by Crippen LogP contribution is 2.39. The number of likely N-dealkylation sites (N-methyl/N-ethyl adjacent to an activating group) is 1. The number of carbonyl (C=O) groups excluding carboxylic acids is 1. The van der Waals surface area contributed by atoms with Gasteiger partial charge in [0.2, 0.25) is 5.91 Å². The highest BCUT2D eigenvalue weighted by molar-refractivity contribution is 14.0. The van der Waals surface area contributed by atoms with Crippen LogP contribution in [0.5, 0.6) is 0 Å². The fourth-order valence-electron chi connectivity index (χ4n) is 4.53. The van der Waals surface area contributed by atoms with Crippen molar-refractivity contribution in [2.45, 2.75) is 52.4 Å². The van der Waals surface area contributed by atoms with Gasteiger partial charge in [-0.1, -0.05) is 19.8 Å². The molecule has 0 aromatic heterocycles. The summed E-state index contributed by atoms with van der Waals surface area (Å²) in [6, 6.07) is 0. The summed E-state index contributed by atoms with van der Waals surface area (Å²) in [5, 5.41) is 6.81. The lowest BCUT2D eigenvalue weighted by Crippen LogP contribution is -2.46. The first kappa shape index (κ1) is 27.4. The zero-order valence-corrected chi connectivity index (χ0v) is 22.0. The maximum Gasteiger partial charge on any atom is 0.230 e. The molecule has 8 heteroatoms. The molecule has 0 spiro atoms. The zero-order valence-electron chi connectivity index (χ0n) is 19.7. The molecule has 1 aliphatic carbocycles. The number of halogens is 1. The number of rotatable bonds is 10. The molecule has 1 amide bonds. The minimum Gasteiger partial charge on any atom is -0.357 e. The number of piperazine rings is 1. The molecule has 2 aliphatic rings. The monoisotopic (exact) mass is 536 g/mol. The Morgan fingerprint density at radius 2 is 1.63 bits per heavy atom. The number of amides is 1. The van der Waals surface area contributed by atoms with E-state index in [1.807, 2.05) is 14.1 Å². The molecule has 176 valence electrons. The van der Waals surface area contributed by atoms with E-state index >= 15 is 0 Å². The minimum atomic E-state index is -0.299. The molecule has 30 heavy (non-hydrogen) atoms. The summed E-state index contributed by atoms with van der Waals surface area (Å²) >= 11 is 0. The van der Waals surface area contributed by atoms with Gasteiger partial charge >= 0.3 is 0 Å². The van der Waals surface area contributed by atoms with Crippen molar-refractivity contribution >= 4 is 35.8 Å². The van der Waals surface area contributed by atoms with E-state index in [4.69, 9.17) is 4.99 Å². The number of hydrogen-bond donors (Lipinski definition) is 2.